The summed E-state index contributed by atoms with van der Waals surface area (Å²) in [6, 6.07) is 0.402. The molecule has 1 aliphatic rings. The highest BCUT2D eigenvalue weighted by Gasteiger charge is 2.26. The predicted molar refractivity (Wildman–Crippen MR) is 74.2 cm³/mol. The molecule has 0 spiro atoms. The number of nitrogens with one attached hydrogen (secondary N) is 1. The molecule has 6 heteroatoms. The zero-order chi connectivity index (χ0) is 14.6. The number of nitrogens with zero attached hydrogens (tertiary/aromatic N) is 2. The summed E-state index contributed by atoms with van der Waals surface area (Å²) in [6.45, 7) is 7.78. The van der Waals surface area contributed by atoms with E-state index in [0.717, 1.165) is 31.7 Å². The third-order valence-corrected chi connectivity index (χ3v) is 3.20. The van der Waals surface area contributed by atoms with E-state index in [9.17, 15) is 4.79 Å². The Bertz CT molecular complexity index is 417. The van der Waals surface area contributed by atoms with Gasteiger partial charge in [0.15, 0.2) is 6.39 Å². The first-order chi connectivity index (χ1) is 9.44. The van der Waals surface area contributed by atoms with Crippen LogP contribution in [0.15, 0.2) is 17.0 Å². The van der Waals surface area contributed by atoms with Crippen LogP contribution in [0.1, 0.15) is 39.4 Å². The summed E-state index contributed by atoms with van der Waals surface area (Å²) in [6.07, 6.45) is 4.78. The number of oxazole rings is 1. The van der Waals surface area contributed by atoms with Gasteiger partial charge in [0.05, 0.1) is 12.7 Å². The topological polar surface area (TPSA) is 67.6 Å². The van der Waals surface area contributed by atoms with E-state index in [2.05, 4.69) is 10.3 Å². The molecule has 1 aromatic heterocycles. The van der Waals surface area contributed by atoms with Crippen LogP contribution in [0.25, 0.3) is 0 Å². The largest absolute Gasteiger partial charge is 0.447 e. The van der Waals surface area contributed by atoms with E-state index in [-0.39, 0.29) is 6.09 Å². The maximum Gasteiger partial charge on any atom is 0.410 e. The van der Waals surface area contributed by atoms with Crippen molar-refractivity contribution in [3.8, 4) is 0 Å². The molecule has 6 nitrogen and oxygen atoms in total. The van der Waals surface area contributed by atoms with Gasteiger partial charge in [-0.15, -0.1) is 0 Å². The van der Waals surface area contributed by atoms with Gasteiger partial charge in [0, 0.05) is 19.1 Å². The summed E-state index contributed by atoms with van der Waals surface area (Å²) in [5, 5.41) is 3.42. The van der Waals surface area contributed by atoms with Gasteiger partial charge < -0.3 is 19.4 Å². The van der Waals surface area contributed by atoms with Crippen molar-refractivity contribution in [3.63, 3.8) is 0 Å². The van der Waals surface area contributed by atoms with Crippen molar-refractivity contribution >= 4 is 6.09 Å². The zero-order valence-electron chi connectivity index (χ0n) is 12.4. The molecule has 0 bridgehead atoms. The van der Waals surface area contributed by atoms with Crippen molar-refractivity contribution in [1.29, 1.82) is 0 Å². The predicted octanol–water partition coefficient (Wildman–Crippen LogP) is 2.16. The molecule has 0 aromatic carbocycles. The number of rotatable bonds is 3. The van der Waals surface area contributed by atoms with Gasteiger partial charge in [-0.25, -0.2) is 9.78 Å². The lowest BCUT2D eigenvalue weighted by molar-refractivity contribution is 0.0197. The Balaban J connectivity index is 1.71. The summed E-state index contributed by atoms with van der Waals surface area (Å²) < 4.78 is 10.6. The minimum Gasteiger partial charge on any atom is -0.447 e. The third-order valence-electron chi connectivity index (χ3n) is 3.20. The van der Waals surface area contributed by atoms with Crippen molar-refractivity contribution in [2.75, 3.05) is 13.1 Å². The van der Waals surface area contributed by atoms with Gasteiger partial charge in [-0.1, -0.05) is 0 Å². The average molecular weight is 281 g/mol. The average Bonchev–Trinajstić information content (AvgIpc) is 2.88. The van der Waals surface area contributed by atoms with Crippen LogP contribution in [0.4, 0.5) is 4.79 Å². The van der Waals surface area contributed by atoms with Crippen molar-refractivity contribution in [2.45, 2.75) is 51.8 Å². The summed E-state index contributed by atoms with van der Waals surface area (Å²) in [4.78, 5) is 17.6. The van der Waals surface area contributed by atoms with Crippen LogP contribution in [0, 0.1) is 0 Å². The highest BCUT2D eigenvalue weighted by Crippen LogP contribution is 2.15. The lowest BCUT2D eigenvalue weighted by atomic mass is 10.1. The summed E-state index contributed by atoms with van der Waals surface area (Å²) >= 11 is 0. The molecule has 1 amide bonds. The highest BCUT2D eigenvalue weighted by molar-refractivity contribution is 5.68. The van der Waals surface area contributed by atoms with Gasteiger partial charge in [0.25, 0.3) is 0 Å². The number of likely N-dealkylation sites (tertiary alicyclic amines) is 1. The van der Waals surface area contributed by atoms with Crippen molar-refractivity contribution in [1.82, 2.24) is 15.2 Å². The molecule has 0 aliphatic carbocycles. The number of carbonyl (C=O) groups excluding carboxylic acids is 1. The number of hydrogen-bond donors (Lipinski definition) is 1. The maximum absolute atomic E-state index is 11.9. The normalized spacial score (nSPS) is 17.2. The standard InChI is InChI=1S/C14H23N3O3/c1-14(2,3)20-13(18)17-6-4-11(5-7-17)16-9-12-8-15-10-19-12/h8,10-11,16H,4-7,9H2,1-3H3. The van der Waals surface area contributed by atoms with Crippen LogP contribution in [0.3, 0.4) is 0 Å². The molecule has 20 heavy (non-hydrogen) atoms. The lowest BCUT2D eigenvalue weighted by Crippen LogP contribution is -2.46. The third kappa shape index (κ3) is 4.52. The fourth-order valence-corrected chi connectivity index (χ4v) is 2.17. The molecular weight excluding hydrogens is 258 g/mol. The van der Waals surface area contributed by atoms with Gasteiger partial charge >= 0.3 is 6.09 Å². The van der Waals surface area contributed by atoms with Crippen LogP contribution in [-0.2, 0) is 11.3 Å². The van der Waals surface area contributed by atoms with E-state index in [0.29, 0.717) is 12.6 Å². The van der Waals surface area contributed by atoms with E-state index in [1.54, 1.807) is 11.1 Å². The van der Waals surface area contributed by atoms with Crippen LogP contribution in [0.2, 0.25) is 0 Å². The Kier molecular flexibility index (Phi) is 4.65. The van der Waals surface area contributed by atoms with Gasteiger partial charge in [0.1, 0.15) is 11.4 Å². The Morgan fingerprint density at radius 2 is 2.20 bits per heavy atom. The molecule has 1 aromatic rings. The van der Waals surface area contributed by atoms with Crippen molar-refractivity contribution < 1.29 is 13.9 Å². The second-order valence-electron chi connectivity index (χ2n) is 6.09. The quantitative estimate of drug-likeness (QED) is 0.919. The second kappa shape index (κ2) is 6.26. The molecule has 1 saturated heterocycles. The van der Waals surface area contributed by atoms with Crippen LogP contribution >= 0.6 is 0 Å². The molecule has 0 saturated carbocycles. The SMILES string of the molecule is CC(C)(C)OC(=O)N1CCC(NCc2cnco2)CC1. The maximum atomic E-state index is 11.9. The molecule has 1 fully saturated rings. The number of aromatic nitrogens is 1. The number of hydrogen-bond acceptors (Lipinski definition) is 5. The molecule has 112 valence electrons. The van der Waals surface area contributed by atoms with Crippen LogP contribution in [0.5, 0.6) is 0 Å². The molecule has 1 aliphatic heterocycles. The van der Waals surface area contributed by atoms with Crippen molar-refractivity contribution in [3.05, 3.63) is 18.4 Å². The molecule has 0 atom stereocenters. The van der Waals surface area contributed by atoms with E-state index in [4.69, 9.17) is 9.15 Å². The first-order valence-electron chi connectivity index (χ1n) is 7.03. The molecule has 2 heterocycles. The van der Waals surface area contributed by atoms with Gasteiger partial charge in [-0.3, -0.25) is 0 Å². The van der Waals surface area contributed by atoms with E-state index < -0.39 is 5.60 Å². The molecule has 2 rings (SSSR count). The smallest absolute Gasteiger partial charge is 0.410 e. The van der Waals surface area contributed by atoms with Crippen LogP contribution < -0.4 is 5.32 Å². The molecular formula is C14H23N3O3. The van der Waals surface area contributed by atoms with Gasteiger partial charge in [-0.2, -0.15) is 0 Å². The Labute approximate surface area is 119 Å². The summed E-state index contributed by atoms with van der Waals surface area (Å²) in [7, 11) is 0. The van der Waals surface area contributed by atoms with E-state index in [1.165, 1.54) is 6.39 Å². The lowest BCUT2D eigenvalue weighted by Gasteiger charge is -2.33. The van der Waals surface area contributed by atoms with Crippen molar-refractivity contribution in [2.24, 2.45) is 0 Å². The monoisotopic (exact) mass is 281 g/mol. The summed E-state index contributed by atoms with van der Waals surface area (Å²) in [5.41, 5.74) is -0.432. The number of piperidine rings is 1. The van der Waals surface area contributed by atoms with E-state index >= 15 is 0 Å². The zero-order valence-corrected chi connectivity index (χ0v) is 12.4. The molecule has 0 unspecified atom stereocenters. The number of ether oxygens (including phenoxy) is 1. The van der Waals surface area contributed by atoms with Gasteiger partial charge in [0.2, 0.25) is 0 Å². The Morgan fingerprint density at radius 3 is 2.75 bits per heavy atom. The fourth-order valence-electron chi connectivity index (χ4n) is 2.17. The Morgan fingerprint density at radius 1 is 1.50 bits per heavy atom. The van der Waals surface area contributed by atoms with Gasteiger partial charge in [-0.05, 0) is 33.6 Å². The minimum atomic E-state index is -0.432. The number of carbonyl (C=O) groups is 1. The minimum absolute atomic E-state index is 0.216. The van der Waals surface area contributed by atoms with E-state index in [1.807, 2.05) is 20.8 Å². The summed E-state index contributed by atoms with van der Waals surface area (Å²) in [5.74, 6) is 0.833. The highest BCUT2D eigenvalue weighted by atomic mass is 16.6. The first-order valence-corrected chi connectivity index (χ1v) is 7.03. The first kappa shape index (κ1) is 14.8. The fraction of sp³-hybridized carbons (Fsp3) is 0.714. The van der Waals surface area contributed by atoms with Crippen LogP contribution in [-0.4, -0.2) is 40.7 Å². The second-order valence-corrected chi connectivity index (χ2v) is 6.09. The molecule has 1 N–H and O–H groups in total. The Hall–Kier alpha value is -1.56. The molecule has 0 radical (unpaired) electrons. The number of amides is 1.